The molecule has 0 saturated heterocycles. The summed E-state index contributed by atoms with van der Waals surface area (Å²) in [6.07, 6.45) is 4.22. The second-order valence-corrected chi connectivity index (χ2v) is 5.63. The maximum atomic E-state index is 12.2. The van der Waals surface area contributed by atoms with Gasteiger partial charge in [0.2, 0.25) is 0 Å². The minimum Gasteiger partial charge on any atom is -0.496 e. The topological polar surface area (TPSA) is 38.3 Å². The van der Waals surface area contributed by atoms with Gasteiger partial charge in [-0.3, -0.25) is 4.79 Å². The van der Waals surface area contributed by atoms with Crippen LogP contribution in [0.2, 0.25) is 0 Å². The molecule has 2 rings (SSSR count). The number of hydrogen-bond donors (Lipinski definition) is 1. The summed E-state index contributed by atoms with van der Waals surface area (Å²) in [5.74, 6) is 0.662. The summed E-state index contributed by atoms with van der Waals surface area (Å²) in [5.41, 5.74) is 1.64. The molecule has 0 spiro atoms. The minimum atomic E-state index is -0.0733. The highest BCUT2D eigenvalue weighted by atomic mass is 35.5. The molecule has 2 unspecified atom stereocenters. The van der Waals surface area contributed by atoms with E-state index in [0.29, 0.717) is 5.56 Å². The Morgan fingerprint density at radius 3 is 2.79 bits per heavy atom. The van der Waals surface area contributed by atoms with E-state index in [1.54, 1.807) is 13.2 Å². The Morgan fingerprint density at radius 2 is 2.11 bits per heavy atom. The van der Waals surface area contributed by atoms with Crippen LogP contribution in [0.25, 0.3) is 0 Å². The third kappa shape index (κ3) is 3.41. The Bertz CT molecular complexity index is 461. The van der Waals surface area contributed by atoms with Crippen LogP contribution in [0, 0.1) is 6.92 Å². The molecule has 0 aromatic heterocycles. The quantitative estimate of drug-likeness (QED) is 0.864. The fourth-order valence-corrected chi connectivity index (χ4v) is 2.80. The van der Waals surface area contributed by atoms with Gasteiger partial charge >= 0.3 is 0 Å². The van der Waals surface area contributed by atoms with E-state index in [0.717, 1.165) is 37.0 Å². The van der Waals surface area contributed by atoms with Gasteiger partial charge in [-0.15, -0.1) is 11.6 Å². The van der Waals surface area contributed by atoms with Crippen molar-refractivity contribution in [1.29, 1.82) is 0 Å². The summed E-state index contributed by atoms with van der Waals surface area (Å²) in [4.78, 5) is 12.2. The van der Waals surface area contributed by atoms with E-state index in [4.69, 9.17) is 16.3 Å². The molecule has 4 heteroatoms. The molecule has 1 aromatic carbocycles. The van der Waals surface area contributed by atoms with Crippen molar-refractivity contribution in [2.45, 2.75) is 44.0 Å². The second kappa shape index (κ2) is 6.29. The molecule has 0 heterocycles. The van der Waals surface area contributed by atoms with Gasteiger partial charge in [-0.05, 0) is 37.5 Å². The lowest BCUT2D eigenvalue weighted by Crippen LogP contribution is -2.42. The Hall–Kier alpha value is -1.22. The highest BCUT2D eigenvalue weighted by Gasteiger charge is 2.25. The van der Waals surface area contributed by atoms with Gasteiger partial charge in [-0.2, -0.15) is 0 Å². The molecule has 1 fully saturated rings. The molecule has 1 aromatic rings. The summed E-state index contributed by atoms with van der Waals surface area (Å²) >= 11 is 6.26. The van der Waals surface area contributed by atoms with Gasteiger partial charge in [0.05, 0.1) is 12.5 Å². The number of ether oxygens (including phenoxy) is 1. The van der Waals surface area contributed by atoms with Gasteiger partial charge in [0.15, 0.2) is 0 Å². The molecule has 0 aliphatic heterocycles. The summed E-state index contributed by atoms with van der Waals surface area (Å²) in [6, 6.07) is 5.57. The lowest BCUT2D eigenvalue weighted by Gasteiger charge is -2.27. The van der Waals surface area contributed by atoms with Crippen LogP contribution in [0.4, 0.5) is 0 Å². The first kappa shape index (κ1) is 14.2. The van der Waals surface area contributed by atoms with Crippen molar-refractivity contribution < 1.29 is 9.53 Å². The fourth-order valence-electron chi connectivity index (χ4n) is 2.46. The Morgan fingerprint density at radius 1 is 1.37 bits per heavy atom. The largest absolute Gasteiger partial charge is 0.496 e. The summed E-state index contributed by atoms with van der Waals surface area (Å²) < 4.78 is 5.24. The van der Waals surface area contributed by atoms with Crippen LogP contribution in [-0.2, 0) is 0 Å². The fraction of sp³-hybridized carbons (Fsp3) is 0.533. The van der Waals surface area contributed by atoms with Gasteiger partial charge in [0, 0.05) is 11.6 Å². The Kier molecular flexibility index (Phi) is 4.70. The predicted octanol–water partition coefficient (Wildman–Crippen LogP) is 3.28. The maximum Gasteiger partial charge on any atom is 0.251 e. The monoisotopic (exact) mass is 281 g/mol. The molecular formula is C15H20ClNO2. The van der Waals surface area contributed by atoms with Gasteiger partial charge in [-0.25, -0.2) is 0 Å². The Labute approximate surface area is 119 Å². The molecule has 19 heavy (non-hydrogen) atoms. The average Bonchev–Trinajstić information content (AvgIpc) is 2.42. The molecule has 3 nitrogen and oxygen atoms in total. The third-order valence-electron chi connectivity index (χ3n) is 3.67. The van der Waals surface area contributed by atoms with Crippen LogP contribution in [0.5, 0.6) is 5.75 Å². The normalized spacial score (nSPS) is 22.9. The van der Waals surface area contributed by atoms with Crippen LogP contribution in [0.1, 0.15) is 41.6 Å². The number of carbonyl (C=O) groups is 1. The summed E-state index contributed by atoms with van der Waals surface area (Å²) in [7, 11) is 1.61. The number of halogens is 1. The molecular weight excluding hydrogens is 262 g/mol. The lowest BCUT2D eigenvalue weighted by atomic mass is 9.94. The van der Waals surface area contributed by atoms with E-state index < -0.39 is 0 Å². The third-order valence-corrected chi connectivity index (χ3v) is 4.19. The van der Waals surface area contributed by atoms with Gasteiger partial charge in [-0.1, -0.05) is 18.9 Å². The Balaban J connectivity index is 2.07. The molecule has 1 aliphatic carbocycles. The van der Waals surface area contributed by atoms with Crippen LogP contribution in [0.3, 0.4) is 0 Å². The SMILES string of the molecule is COc1cc(C(=O)NC2CCCCC2Cl)ccc1C. The first-order valence-corrected chi connectivity index (χ1v) is 7.15. The minimum absolute atomic E-state index is 0.0463. The molecule has 1 amide bonds. The standard InChI is InChI=1S/C15H20ClNO2/c1-10-7-8-11(9-14(10)19-2)15(18)17-13-6-4-3-5-12(13)16/h7-9,12-13H,3-6H2,1-2H3,(H,17,18). The van der Waals surface area contributed by atoms with E-state index in [1.165, 1.54) is 0 Å². The number of nitrogens with one attached hydrogen (secondary N) is 1. The highest BCUT2D eigenvalue weighted by molar-refractivity contribution is 6.21. The molecule has 0 radical (unpaired) electrons. The first-order chi connectivity index (χ1) is 9.11. The van der Waals surface area contributed by atoms with E-state index in [1.807, 2.05) is 19.1 Å². The first-order valence-electron chi connectivity index (χ1n) is 6.71. The zero-order chi connectivity index (χ0) is 13.8. The van der Waals surface area contributed by atoms with Crippen molar-refractivity contribution in [1.82, 2.24) is 5.32 Å². The molecule has 0 bridgehead atoms. The number of carbonyl (C=O) groups excluding carboxylic acids is 1. The van der Waals surface area contributed by atoms with Crippen molar-refractivity contribution in [3.63, 3.8) is 0 Å². The van der Waals surface area contributed by atoms with E-state index in [9.17, 15) is 4.79 Å². The molecule has 2 atom stereocenters. The predicted molar refractivity (Wildman–Crippen MR) is 77.1 cm³/mol. The number of hydrogen-bond acceptors (Lipinski definition) is 2. The van der Waals surface area contributed by atoms with Crippen molar-refractivity contribution in [3.8, 4) is 5.75 Å². The molecule has 1 N–H and O–H groups in total. The summed E-state index contributed by atoms with van der Waals surface area (Å²) in [6.45, 7) is 1.95. The van der Waals surface area contributed by atoms with Crippen molar-refractivity contribution >= 4 is 17.5 Å². The number of aryl methyl sites for hydroxylation is 1. The van der Waals surface area contributed by atoms with Gasteiger partial charge in [0.25, 0.3) is 5.91 Å². The zero-order valence-electron chi connectivity index (χ0n) is 11.4. The van der Waals surface area contributed by atoms with Gasteiger partial charge in [0.1, 0.15) is 5.75 Å². The van der Waals surface area contributed by atoms with E-state index in [-0.39, 0.29) is 17.3 Å². The van der Waals surface area contributed by atoms with Crippen LogP contribution in [-0.4, -0.2) is 24.4 Å². The summed E-state index contributed by atoms with van der Waals surface area (Å²) in [5, 5.41) is 3.08. The number of amides is 1. The van der Waals surface area contributed by atoms with Crippen molar-refractivity contribution in [2.24, 2.45) is 0 Å². The number of methoxy groups -OCH3 is 1. The van der Waals surface area contributed by atoms with Crippen LogP contribution < -0.4 is 10.1 Å². The zero-order valence-corrected chi connectivity index (χ0v) is 12.2. The van der Waals surface area contributed by atoms with Crippen molar-refractivity contribution in [3.05, 3.63) is 29.3 Å². The average molecular weight is 282 g/mol. The van der Waals surface area contributed by atoms with Gasteiger partial charge < -0.3 is 10.1 Å². The number of alkyl halides is 1. The van der Waals surface area contributed by atoms with E-state index >= 15 is 0 Å². The second-order valence-electron chi connectivity index (χ2n) is 5.06. The van der Waals surface area contributed by atoms with E-state index in [2.05, 4.69) is 5.32 Å². The molecule has 1 saturated carbocycles. The smallest absolute Gasteiger partial charge is 0.251 e. The molecule has 104 valence electrons. The maximum absolute atomic E-state index is 12.2. The van der Waals surface area contributed by atoms with Crippen LogP contribution in [0.15, 0.2) is 18.2 Å². The van der Waals surface area contributed by atoms with Crippen LogP contribution >= 0.6 is 11.6 Å². The highest BCUT2D eigenvalue weighted by Crippen LogP contribution is 2.24. The lowest BCUT2D eigenvalue weighted by molar-refractivity contribution is 0.0928. The number of rotatable bonds is 3. The van der Waals surface area contributed by atoms with Crippen molar-refractivity contribution in [2.75, 3.05) is 7.11 Å². The molecule has 1 aliphatic rings. The number of benzene rings is 1.